The van der Waals surface area contributed by atoms with Crippen LogP contribution in [0.2, 0.25) is 0 Å². The Bertz CT molecular complexity index is 138. The number of nitrogens with zero attached hydrogens (tertiary/aromatic N) is 2. The first-order chi connectivity index (χ1) is 4.83. The van der Waals surface area contributed by atoms with Gasteiger partial charge >= 0.3 is 0 Å². The molecule has 0 saturated carbocycles. The smallest absolute Gasteiger partial charge is 0.176 e. The van der Waals surface area contributed by atoms with Gasteiger partial charge in [-0.1, -0.05) is 0 Å². The van der Waals surface area contributed by atoms with Crippen LogP contribution in [0.4, 0.5) is 0 Å². The van der Waals surface area contributed by atoms with Crippen molar-refractivity contribution in [2.45, 2.75) is 18.9 Å². The predicted molar refractivity (Wildman–Crippen MR) is 39.3 cm³/mol. The minimum atomic E-state index is 0.392. The van der Waals surface area contributed by atoms with Crippen molar-refractivity contribution in [2.24, 2.45) is 0 Å². The quantitative estimate of drug-likeness (QED) is 0.415. The van der Waals surface area contributed by atoms with Crippen LogP contribution in [0, 0.1) is 11.5 Å². The minimum Gasteiger partial charge on any atom is -0.319 e. The molecule has 1 aliphatic heterocycles. The average molecular weight is 139 g/mol. The summed E-state index contributed by atoms with van der Waals surface area (Å²) >= 11 is 0. The molecular formula is C7H13N3. The third-order valence-corrected chi connectivity index (χ3v) is 1.89. The molecule has 1 aliphatic rings. The van der Waals surface area contributed by atoms with Gasteiger partial charge < -0.3 is 10.2 Å². The fraction of sp³-hybridized carbons (Fsp3) is 0.857. The van der Waals surface area contributed by atoms with Gasteiger partial charge in [0.1, 0.15) is 0 Å². The largest absolute Gasteiger partial charge is 0.319 e. The minimum absolute atomic E-state index is 0.392. The molecule has 0 aromatic carbocycles. The second-order valence-electron chi connectivity index (χ2n) is 2.86. The zero-order valence-electron chi connectivity index (χ0n) is 6.30. The van der Waals surface area contributed by atoms with Crippen molar-refractivity contribution in [2.75, 3.05) is 20.1 Å². The van der Waals surface area contributed by atoms with Gasteiger partial charge in [-0.05, 0) is 26.4 Å². The molecule has 10 heavy (non-hydrogen) atoms. The number of likely N-dealkylation sites (N-methyl/N-ethyl adjacent to an activating group) is 1. The van der Waals surface area contributed by atoms with Gasteiger partial charge in [0, 0.05) is 12.6 Å². The Balaban J connectivity index is 2.27. The number of nitrogens with one attached hydrogen (secondary N) is 1. The third-order valence-electron chi connectivity index (χ3n) is 1.89. The van der Waals surface area contributed by atoms with E-state index in [1.54, 1.807) is 0 Å². The van der Waals surface area contributed by atoms with Crippen molar-refractivity contribution in [1.82, 2.24) is 10.2 Å². The number of likely N-dealkylation sites (tertiary alicyclic amines) is 1. The second-order valence-corrected chi connectivity index (χ2v) is 2.86. The highest BCUT2D eigenvalue weighted by molar-refractivity contribution is 4.81. The van der Waals surface area contributed by atoms with E-state index in [4.69, 9.17) is 5.26 Å². The molecule has 3 heteroatoms. The lowest BCUT2D eigenvalue weighted by molar-refractivity contribution is 0.239. The molecule has 1 unspecified atom stereocenters. The highest BCUT2D eigenvalue weighted by Gasteiger charge is 2.15. The summed E-state index contributed by atoms with van der Waals surface area (Å²) in [6, 6.07) is 0.392. The zero-order chi connectivity index (χ0) is 7.40. The van der Waals surface area contributed by atoms with E-state index in [9.17, 15) is 0 Å². The van der Waals surface area contributed by atoms with Gasteiger partial charge in [0.05, 0.1) is 0 Å². The van der Waals surface area contributed by atoms with Crippen molar-refractivity contribution < 1.29 is 0 Å². The molecule has 1 atom stereocenters. The molecule has 1 rings (SSSR count). The Kier molecular flexibility index (Phi) is 2.52. The molecular weight excluding hydrogens is 126 g/mol. The number of rotatable bonds is 1. The molecule has 3 nitrogen and oxygen atoms in total. The Hall–Kier alpha value is -0.750. The molecule has 0 bridgehead atoms. The number of hydrogen-bond donors (Lipinski definition) is 1. The summed E-state index contributed by atoms with van der Waals surface area (Å²) in [4.78, 5) is 2.25. The van der Waals surface area contributed by atoms with Crippen LogP contribution in [0.1, 0.15) is 12.8 Å². The Morgan fingerprint density at radius 3 is 3.10 bits per heavy atom. The molecule has 0 amide bonds. The van der Waals surface area contributed by atoms with Crippen molar-refractivity contribution in [1.29, 1.82) is 5.26 Å². The standard InChI is InChI=1S/C7H13N3/c1-10-4-2-3-7(5-10)9-6-8/h7,9H,2-5H2,1H3. The molecule has 0 spiro atoms. The Morgan fingerprint density at radius 2 is 2.50 bits per heavy atom. The fourth-order valence-electron chi connectivity index (χ4n) is 1.38. The van der Waals surface area contributed by atoms with Crippen LogP contribution in [-0.4, -0.2) is 31.1 Å². The van der Waals surface area contributed by atoms with Crippen LogP contribution in [0.3, 0.4) is 0 Å². The Labute approximate surface area is 61.6 Å². The summed E-state index contributed by atoms with van der Waals surface area (Å²) in [6.45, 7) is 2.18. The maximum absolute atomic E-state index is 8.33. The molecule has 0 aliphatic carbocycles. The van der Waals surface area contributed by atoms with Crippen molar-refractivity contribution in [3.8, 4) is 6.19 Å². The molecule has 0 radical (unpaired) electrons. The molecule has 1 fully saturated rings. The van der Waals surface area contributed by atoms with Gasteiger partial charge in [-0.3, -0.25) is 0 Å². The van der Waals surface area contributed by atoms with Gasteiger partial charge in [-0.25, -0.2) is 0 Å². The summed E-state index contributed by atoms with van der Waals surface area (Å²) in [5.74, 6) is 0. The molecule has 0 aromatic rings. The summed E-state index contributed by atoms with van der Waals surface area (Å²) in [7, 11) is 2.09. The van der Waals surface area contributed by atoms with Gasteiger partial charge in [-0.15, -0.1) is 0 Å². The Morgan fingerprint density at radius 1 is 1.70 bits per heavy atom. The van der Waals surface area contributed by atoms with E-state index < -0.39 is 0 Å². The van der Waals surface area contributed by atoms with Crippen LogP contribution in [-0.2, 0) is 0 Å². The lowest BCUT2D eigenvalue weighted by Gasteiger charge is -2.28. The lowest BCUT2D eigenvalue weighted by Crippen LogP contribution is -2.42. The maximum Gasteiger partial charge on any atom is 0.176 e. The maximum atomic E-state index is 8.33. The van der Waals surface area contributed by atoms with Crippen LogP contribution < -0.4 is 5.32 Å². The second kappa shape index (κ2) is 3.43. The highest BCUT2D eigenvalue weighted by atomic mass is 15.1. The van der Waals surface area contributed by atoms with E-state index in [1.165, 1.54) is 13.0 Å². The van der Waals surface area contributed by atoms with Gasteiger partial charge in [0.25, 0.3) is 0 Å². The van der Waals surface area contributed by atoms with E-state index in [1.807, 2.05) is 6.19 Å². The summed E-state index contributed by atoms with van der Waals surface area (Å²) in [5, 5.41) is 11.1. The lowest BCUT2D eigenvalue weighted by atomic mass is 10.1. The summed E-state index contributed by atoms with van der Waals surface area (Å²) in [6.07, 6.45) is 4.32. The number of nitriles is 1. The topological polar surface area (TPSA) is 39.1 Å². The average Bonchev–Trinajstić information content (AvgIpc) is 1.88. The van der Waals surface area contributed by atoms with Gasteiger partial charge in [-0.2, -0.15) is 5.26 Å². The summed E-state index contributed by atoms with van der Waals surface area (Å²) in [5.41, 5.74) is 0. The van der Waals surface area contributed by atoms with Crippen LogP contribution >= 0.6 is 0 Å². The SMILES string of the molecule is CN1CCCC(NC#N)C1. The monoisotopic (exact) mass is 139 g/mol. The summed E-state index contributed by atoms with van der Waals surface area (Å²) < 4.78 is 0. The first-order valence-electron chi connectivity index (χ1n) is 3.66. The molecule has 1 saturated heterocycles. The van der Waals surface area contributed by atoms with Gasteiger partial charge in [0.15, 0.2) is 6.19 Å². The first kappa shape index (κ1) is 7.36. The van der Waals surface area contributed by atoms with E-state index in [0.717, 1.165) is 13.0 Å². The number of piperidine rings is 1. The van der Waals surface area contributed by atoms with E-state index >= 15 is 0 Å². The molecule has 1 heterocycles. The van der Waals surface area contributed by atoms with Crippen LogP contribution in [0.15, 0.2) is 0 Å². The van der Waals surface area contributed by atoms with Gasteiger partial charge in [0.2, 0.25) is 0 Å². The van der Waals surface area contributed by atoms with Crippen molar-refractivity contribution in [3.63, 3.8) is 0 Å². The van der Waals surface area contributed by atoms with E-state index in [0.29, 0.717) is 6.04 Å². The normalized spacial score (nSPS) is 27.4. The molecule has 0 aromatic heterocycles. The van der Waals surface area contributed by atoms with E-state index in [2.05, 4.69) is 17.3 Å². The third kappa shape index (κ3) is 1.89. The molecule has 56 valence electrons. The fourth-order valence-corrected chi connectivity index (χ4v) is 1.38. The molecule has 1 N–H and O–H groups in total. The number of hydrogen-bond acceptors (Lipinski definition) is 3. The van der Waals surface area contributed by atoms with Crippen LogP contribution in [0.5, 0.6) is 0 Å². The predicted octanol–water partition coefficient (Wildman–Crippen LogP) is 0.151. The van der Waals surface area contributed by atoms with Crippen molar-refractivity contribution >= 4 is 0 Å². The van der Waals surface area contributed by atoms with Crippen LogP contribution in [0.25, 0.3) is 0 Å². The van der Waals surface area contributed by atoms with Crippen molar-refractivity contribution in [3.05, 3.63) is 0 Å². The zero-order valence-corrected chi connectivity index (χ0v) is 6.30. The highest BCUT2D eigenvalue weighted by Crippen LogP contribution is 2.06. The first-order valence-corrected chi connectivity index (χ1v) is 3.66. The van der Waals surface area contributed by atoms with E-state index in [-0.39, 0.29) is 0 Å².